The lowest BCUT2D eigenvalue weighted by Gasteiger charge is -2.30. The Bertz CT molecular complexity index is 3090. The molecule has 1 heterocycles. The molecule has 1 aromatic heterocycles. The van der Waals surface area contributed by atoms with Gasteiger partial charge < -0.3 is 4.90 Å². The number of fused-ring (bicyclic) bond motifs is 7. The molecule has 0 bridgehead atoms. The first-order valence-electron chi connectivity index (χ1n) is 20.6. The molecule has 0 fully saturated rings. The van der Waals surface area contributed by atoms with Crippen LogP contribution >= 0.6 is 0 Å². The van der Waals surface area contributed by atoms with Gasteiger partial charge in [0.1, 0.15) is 0 Å². The van der Waals surface area contributed by atoms with Gasteiger partial charge in [-0.05, 0) is 86.5 Å². The fourth-order valence-electron chi connectivity index (χ4n) is 9.82. The first-order chi connectivity index (χ1) is 28.8. The van der Waals surface area contributed by atoms with Crippen molar-refractivity contribution in [1.29, 1.82) is 0 Å². The molecule has 3 nitrogen and oxygen atoms in total. The van der Waals surface area contributed by atoms with E-state index in [1.54, 1.807) is 0 Å². The summed E-state index contributed by atoms with van der Waals surface area (Å²) >= 11 is 0. The maximum atomic E-state index is 5.27. The standard InChI is InChI=1S/C56H43N3/c1-55(2)47-21-12-9-18-44(47)52-48(55)22-14-24-51(52)59(41-33-34-43-42-17-8-11-20-46(42)56(3,4)49(43)35-41)40-31-29-38(30-32-40)53-45-19-10-13-23-50(45)57-54(58-53)39-27-25-37(26-28-39)36-15-6-5-7-16-36/h5-35H,1-4H3. The van der Waals surface area contributed by atoms with E-state index in [2.05, 4.69) is 215 Å². The molecule has 2 aliphatic carbocycles. The lowest BCUT2D eigenvalue weighted by Crippen LogP contribution is -2.17. The van der Waals surface area contributed by atoms with Crippen molar-refractivity contribution in [3.63, 3.8) is 0 Å². The van der Waals surface area contributed by atoms with Crippen LogP contribution in [0.5, 0.6) is 0 Å². The van der Waals surface area contributed by atoms with Crippen LogP contribution in [0.2, 0.25) is 0 Å². The molecule has 9 aromatic rings. The molecule has 282 valence electrons. The van der Waals surface area contributed by atoms with Crippen molar-refractivity contribution < 1.29 is 0 Å². The predicted molar refractivity (Wildman–Crippen MR) is 246 cm³/mol. The Labute approximate surface area is 346 Å². The van der Waals surface area contributed by atoms with Crippen molar-refractivity contribution in [1.82, 2.24) is 9.97 Å². The van der Waals surface area contributed by atoms with E-state index in [1.165, 1.54) is 61.3 Å². The van der Waals surface area contributed by atoms with Gasteiger partial charge in [-0.3, -0.25) is 0 Å². The van der Waals surface area contributed by atoms with E-state index < -0.39 is 0 Å². The second-order valence-electron chi connectivity index (χ2n) is 17.0. The third-order valence-corrected chi connectivity index (χ3v) is 12.9. The highest BCUT2D eigenvalue weighted by Crippen LogP contribution is 2.55. The monoisotopic (exact) mass is 757 g/mol. The number of para-hydroxylation sites is 1. The lowest BCUT2D eigenvalue weighted by molar-refractivity contribution is 0.660. The van der Waals surface area contributed by atoms with Gasteiger partial charge in [-0.15, -0.1) is 0 Å². The molecule has 11 rings (SSSR count). The van der Waals surface area contributed by atoms with Crippen LogP contribution in [0.15, 0.2) is 188 Å². The fraction of sp³-hybridized carbons (Fsp3) is 0.107. The van der Waals surface area contributed by atoms with Gasteiger partial charge in [0.15, 0.2) is 5.82 Å². The minimum Gasteiger partial charge on any atom is -0.310 e. The van der Waals surface area contributed by atoms with E-state index in [4.69, 9.17) is 9.97 Å². The quantitative estimate of drug-likeness (QED) is 0.169. The van der Waals surface area contributed by atoms with Crippen molar-refractivity contribution in [3.05, 3.63) is 210 Å². The highest BCUT2D eigenvalue weighted by Gasteiger charge is 2.39. The van der Waals surface area contributed by atoms with Crippen LogP contribution in [0.3, 0.4) is 0 Å². The highest BCUT2D eigenvalue weighted by molar-refractivity contribution is 5.97. The summed E-state index contributed by atoms with van der Waals surface area (Å²) in [6.07, 6.45) is 0. The Hall–Kier alpha value is -7.10. The first-order valence-corrected chi connectivity index (χ1v) is 20.6. The normalized spacial score (nSPS) is 14.0. The van der Waals surface area contributed by atoms with Crippen LogP contribution in [0.25, 0.3) is 66.9 Å². The molecule has 0 saturated heterocycles. The number of hydrogen-bond acceptors (Lipinski definition) is 3. The SMILES string of the molecule is CC1(C)c2ccccc2-c2ccc(N(c3ccc(-c4nc(-c5ccc(-c6ccccc6)cc5)nc5ccccc45)cc3)c3cccc4c3-c3ccccc3C4(C)C)cc21. The Balaban J connectivity index is 1.06. The van der Waals surface area contributed by atoms with Gasteiger partial charge >= 0.3 is 0 Å². The maximum absolute atomic E-state index is 5.27. The summed E-state index contributed by atoms with van der Waals surface area (Å²) in [5.74, 6) is 0.715. The molecule has 59 heavy (non-hydrogen) atoms. The second kappa shape index (κ2) is 13.2. The predicted octanol–water partition coefficient (Wildman–Crippen LogP) is 14.7. The Morgan fingerprint density at radius 3 is 1.73 bits per heavy atom. The van der Waals surface area contributed by atoms with Gasteiger partial charge in [0.25, 0.3) is 0 Å². The average molecular weight is 758 g/mol. The van der Waals surface area contributed by atoms with E-state index in [9.17, 15) is 0 Å². The Morgan fingerprint density at radius 2 is 0.949 bits per heavy atom. The fourth-order valence-corrected chi connectivity index (χ4v) is 9.82. The molecular formula is C56H43N3. The van der Waals surface area contributed by atoms with E-state index >= 15 is 0 Å². The maximum Gasteiger partial charge on any atom is 0.160 e. The van der Waals surface area contributed by atoms with Gasteiger partial charge in [0.05, 0.1) is 16.9 Å². The van der Waals surface area contributed by atoms with Crippen molar-refractivity contribution >= 4 is 28.0 Å². The van der Waals surface area contributed by atoms with Gasteiger partial charge in [-0.2, -0.15) is 0 Å². The minimum absolute atomic E-state index is 0.118. The molecule has 0 radical (unpaired) electrons. The van der Waals surface area contributed by atoms with Crippen molar-refractivity contribution in [2.24, 2.45) is 0 Å². The highest BCUT2D eigenvalue weighted by atomic mass is 15.1. The number of benzene rings is 8. The molecule has 0 saturated carbocycles. The van der Waals surface area contributed by atoms with Crippen LogP contribution in [-0.2, 0) is 10.8 Å². The van der Waals surface area contributed by atoms with Crippen LogP contribution in [-0.4, -0.2) is 9.97 Å². The number of nitrogens with zero attached hydrogens (tertiary/aromatic N) is 3. The zero-order valence-electron chi connectivity index (χ0n) is 33.7. The molecule has 0 N–H and O–H groups in total. The average Bonchev–Trinajstić information content (AvgIpc) is 3.66. The smallest absolute Gasteiger partial charge is 0.160 e. The van der Waals surface area contributed by atoms with E-state index in [-0.39, 0.29) is 10.8 Å². The van der Waals surface area contributed by atoms with Crippen LogP contribution < -0.4 is 4.90 Å². The number of anilines is 3. The van der Waals surface area contributed by atoms with Crippen LogP contribution in [0, 0.1) is 0 Å². The van der Waals surface area contributed by atoms with Crippen molar-refractivity contribution in [3.8, 4) is 56.0 Å². The van der Waals surface area contributed by atoms with Gasteiger partial charge in [-0.1, -0.05) is 179 Å². The molecule has 2 aliphatic rings. The summed E-state index contributed by atoms with van der Waals surface area (Å²) in [5.41, 5.74) is 20.1. The number of aromatic nitrogens is 2. The second-order valence-corrected chi connectivity index (χ2v) is 17.0. The zero-order valence-corrected chi connectivity index (χ0v) is 33.7. The Kier molecular flexibility index (Phi) is 7.87. The third-order valence-electron chi connectivity index (χ3n) is 12.9. The summed E-state index contributed by atoms with van der Waals surface area (Å²) in [6.45, 7) is 9.43. The summed E-state index contributed by atoms with van der Waals surface area (Å²) in [6, 6.07) is 68.1. The van der Waals surface area contributed by atoms with Crippen LogP contribution in [0.4, 0.5) is 17.1 Å². The van der Waals surface area contributed by atoms with Gasteiger partial charge in [0.2, 0.25) is 0 Å². The minimum atomic E-state index is -0.127. The van der Waals surface area contributed by atoms with Crippen LogP contribution in [0.1, 0.15) is 49.9 Å². The molecule has 0 amide bonds. The summed E-state index contributed by atoms with van der Waals surface area (Å²) < 4.78 is 0. The van der Waals surface area contributed by atoms with E-state index in [0.717, 1.165) is 39.1 Å². The number of rotatable bonds is 6. The third kappa shape index (κ3) is 5.49. The van der Waals surface area contributed by atoms with Crippen molar-refractivity contribution in [2.75, 3.05) is 4.90 Å². The molecular weight excluding hydrogens is 715 g/mol. The summed E-state index contributed by atoms with van der Waals surface area (Å²) in [5, 5.41) is 1.03. The summed E-state index contributed by atoms with van der Waals surface area (Å²) in [7, 11) is 0. The molecule has 3 heteroatoms. The molecule has 0 unspecified atom stereocenters. The first kappa shape index (κ1) is 35.1. The molecule has 0 spiro atoms. The Morgan fingerprint density at radius 1 is 0.390 bits per heavy atom. The molecule has 0 aliphatic heterocycles. The zero-order chi connectivity index (χ0) is 39.9. The number of hydrogen-bond donors (Lipinski definition) is 0. The molecule has 0 atom stereocenters. The summed E-state index contributed by atoms with van der Waals surface area (Å²) in [4.78, 5) is 12.8. The van der Waals surface area contributed by atoms with E-state index in [0.29, 0.717) is 5.82 Å². The van der Waals surface area contributed by atoms with E-state index in [1.807, 2.05) is 6.07 Å². The van der Waals surface area contributed by atoms with Crippen molar-refractivity contribution in [2.45, 2.75) is 38.5 Å². The molecule has 8 aromatic carbocycles. The lowest BCUT2D eigenvalue weighted by atomic mass is 9.82. The van der Waals surface area contributed by atoms with Gasteiger partial charge in [-0.25, -0.2) is 9.97 Å². The topological polar surface area (TPSA) is 29.0 Å². The van der Waals surface area contributed by atoms with Gasteiger partial charge in [0, 0.05) is 44.3 Å². The largest absolute Gasteiger partial charge is 0.310 e.